The highest BCUT2D eigenvalue weighted by atomic mass is 32.1. The fourth-order valence-corrected chi connectivity index (χ4v) is 5.52. The molecule has 4 N–H and O–H groups in total. The molecule has 0 saturated heterocycles. The van der Waals surface area contributed by atoms with Gasteiger partial charge in [-0.3, -0.25) is 14.6 Å². The van der Waals surface area contributed by atoms with Gasteiger partial charge < -0.3 is 16.2 Å². The van der Waals surface area contributed by atoms with Crippen molar-refractivity contribution in [2.45, 2.75) is 56.6 Å². The zero-order chi connectivity index (χ0) is 25.0. The van der Waals surface area contributed by atoms with Gasteiger partial charge in [0, 0.05) is 30.1 Å². The zero-order valence-corrected chi connectivity index (χ0v) is 19.9. The average molecular weight is 503 g/mol. The molecule has 2 heterocycles. The molecule has 1 fully saturated rings. The highest BCUT2D eigenvalue weighted by Gasteiger charge is 2.42. The topological polar surface area (TPSA) is 118 Å². The number of para-hydroxylation sites is 2. The van der Waals surface area contributed by atoms with E-state index < -0.39 is 48.1 Å². The van der Waals surface area contributed by atoms with Gasteiger partial charge in [0.1, 0.15) is 5.69 Å². The van der Waals surface area contributed by atoms with Crippen LogP contribution in [0, 0.1) is 11.8 Å². The van der Waals surface area contributed by atoms with Crippen molar-refractivity contribution < 1.29 is 23.5 Å². The Morgan fingerprint density at radius 2 is 2.00 bits per heavy atom. The Morgan fingerprint density at radius 3 is 2.69 bits per heavy atom. The van der Waals surface area contributed by atoms with E-state index in [1.807, 2.05) is 23.6 Å². The van der Waals surface area contributed by atoms with E-state index >= 15 is 0 Å². The van der Waals surface area contributed by atoms with Crippen LogP contribution in [-0.4, -0.2) is 45.0 Å². The first-order valence-corrected chi connectivity index (χ1v) is 12.5. The van der Waals surface area contributed by atoms with Crippen LogP contribution >= 0.6 is 11.3 Å². The number of hydrogen-bond donors (Lipinski definition) is 3. The molecule has 0 bridgehead atoms. The fraction of sp³-hybridized carbons (Fsp3) is 0.440. The van der Waals surface area contributed by atoms with Crippen LogP contribution in [0.4, 0.5) is 8.78 Å². The van der Waals surface area contributed by atoms with E-state index in [1.165, 1.54) is 17.5 Å². The number of amides is 2. The minimum atomic E-state index is -2.85. The third kappa shape index (κ3) is 6.37. The molecule has 0 radical (unpaired) electrons. The largest absolute Gasteiger partial charge is 0.391 e. The second kappa shape index (κ2) is 10.7. The molecule has 4 rings (SSSR count). The summed E-state index contributed by atoms with van der Waals surface area (Å²) < 4.78 is 28.0. The van der Waals surface area contributed by atoms with Crippen LogP contribution in [0.1, 0.15) is 47.5 Å². The van der Waals surface area contributed by atoms with Crippen molar-refractivity contribution in [3.05, 3.63) is 58.5 Å². The van der Waals surface area contributed by atoms with Crippen LogP contribution in [0.25, 0.3) is 11.0 Å². The number of thiophene rings is 1. The van der Waals surface area contributed by atoms with Crippen LogP contribution in [-0.2, 0) is 11.2 Å². The highest BCUT2D eigenvalue weighted by Crippen LogP contribution is 2.41. The van der Waals surface area contributed by atoms with Crippen LogP contribution in [0.5, 0.6) is 0 Å². The van der Waals surface area contributed by atoms with Gasteiger partial charge in [-0.2, -0.15) is 0 Å². The van der Waals surface area contributed by atoms with Gasteiger partial charge in [-0.1, -0.05) is 18.2 Å². The number of alkyl halides is 2. The Kier molecular flexibility index (Phi) is 7.71. The molecule has 7 nitrogen and oxygen atoms in total. The zero-order valence-electron chi connectivity index (χ0n) is 19.1. The number of carbonyl (C=O) groups excluding carboxylic acids is 2. The lowest BCUT2D eigenvalue weighted by Crippen LogP contribution is -2.48. The molecule has 35 heavy (non-hydrogen) atoms. The maximum absolute atomic E-state index is 14.0. The number of nitrogens with one attached hydrogen (secondary N) is 1. The summed E-state index contributed by atoms with van der Waals surface area (Å²) >= 11 is 1.47. The number of primary amides is 1. The molecular formula is C25H28F2N4O3S. The van der Waals surface area contributed by atoms with Crippen molar-refractivity contribution >= 4 is 34.2 Å². The first-order chi connectivity index (χ1) is 16.7. The number of fused-ring (bicyclic) bond motifs is 1. The SMILES string of the molecule is NC(=O)C(CC(O)C(Cc1cccs1)NC(=O)c1cnc2ccccc2n1)C1CCCC(F)(F)C1. The van der Waals surface area contributed by atoms with Gasteiger partial charge in [0.25, 0.3) is 5.91 Å². The normalized spacial score (nSPS) is 20.1. The number of rotatable bonds is 9. The Morgan fingerprint density at radius 1 is 1.23 bits per heavy atom. The van der Waals surface area contributed by atoms with Crippen molar-refractivity contribution in [1.29, 1.82) is 0 Å². The van der Waals surface area contributed by atoms with E-state index in [1.54, 1.807) is 18.2 Å². The molecule has 1 aromatic carbocycles. The average Bonchev–Trinajstić information content (AvgIpc) is 3.34. The lowest BCUT2D eigenvalue weighted by Gasteiger charge is -2.35. The third-order valence-electron chi connectivity index (χ3n) is 6.57. The maximum Gasteiger partial charge on any atom is 0.271 e. The summed E-state index contributed by atoms with van der Waals surface area (Å²) in [5, 5.41) is 15.8. The van der Waals surface area contributed by atoms with Gasteiger partial charge >= 0.3 is 0 Å². The highest BCUT2D eigenvalue weighted by molar-refractivity contribution is 7.09. The number of halogens is 2. The summed E-state index contributed by atoms with van der Waals surface area (Å²) in [7, 11) is 0. The molecule has 2 aromatic heterocycles. The monoisotopic (exact) mass is 502 g/mol. The molecule has 4 unspecified atom stereocenters. The predicted octanol–water partition coefficient (Wildman–Crippen LogP) is 3.71. The molecule has 4 atom stereocenters. The molecule has 3 aromatic rings. The Labute approximate surface area is 205 Å². The lowest BCUT2D eigenvalue weighted by molar-refractivity contribution is -0.128. The first-order valence-electron chi connectivity index (χ1n) is 11.6. The van der Waals surface area contributed by atoms with Crippen molar-refractivity contribution in [2.24, 2.45) is 17.6 Å². The first kappa shape index (κ1) is 25.1. The smallest absolute Gasteiger partial charge is 0.271 e. The summed E-state index contributed by atoms with van der Waals surface area (Å²) in [6.45, 7) is 0. The van der Waals surface area contributed by atoms with Gasteiger partial charge in [-0.15, -0.1) is 11.3 Å². The van der Waals surface area contributed by atoms with E-state index in [0.717, 1.165) is 4.88 Å². The summed E-state index contributed by atoms with van der Waals surface area (Å²) in [5.74, 6) is -5.62. The maximum atomic E-state index is 14.0. The van der Waals surface area contributed by atoms with Crippen molar-refractivity contribution in [2.75, 3.05) is 0 Å². The van der Waals surface area contributed by atoms with Crippen molar-refractivity contribution in [3.63, 3.8) is 0 Å². The molecular weight excluding hydrogens is 474 g/mol. The quantitative estimate of drug-likeness (QED) is 0.412. The number of nitrogens with two attached hydrogens (primary N) is 1. The summed E-state index contributed by atoms with van der Waals surface area (Å²) in [5.41, 5.74) is 6.88. The Balaban J connectivity index is 1.52. The summed E-state index contributed by atoms with van der Waals surface area (Å²) in [6.07, 6.45) is 0.486. The summed E-state index contributed by atoms with van der Waals surface area (Å²) in [4.78, 5) is 34.8. The van der Waals surface area contributed by atoms with E-state index in [-0.39, 0.29) is 18.5 Å². The van der Waals surface area contributed by atoms with Crippen LogP contribution in [0.15, 0.2) is 48.0 Å². The second-order valence-corrected chi connectivity index (χ2v) is 10.2. The Hall–Kier alpha value is -2.98. The minimum absolute atomic E-state index is 0.0884. The number of carbonyl (C=O) groups is 2. The Bertz CT molecular complexity index is 1170. The van der Waals surface area contributed by atoms with Crippen LogP contribution < -0.4 is 11.1 Å². The van der Waals surface area contributed by atoms with E-state index in [2.05, 4.69) is 15.3 Å². The molecule has 2 amide bonds. The molecule has 1 aliphatic carbocycles. The third-order valence-corrected chi connectivity index (χ3v) is 7.47. The van der Waals surface area contributed by atoms with Gasteiger partial charge in [-0.05, 0) is 48.8 Å². The van der Waals surface area contributed by atoms with E-state index in [9.17, 15) is 23.5 Å². The van der Waals surface area contributed by atoms with Crippen LogP contribution in [0.2, 0.25) is 0 Å². The lowest BCUT2D eigenvalue weighted by atomic mass is 9.75. The molecule has 10 heteroatoms. The molecule has 1 saturated carbocycles. The van der Waals surface area contributed by atoms with Gasteiger partial charge in [0.05, 0.1) is 29.4 Å². The van der Waals surface area contributed by atoms with Crippen LogP contribution in [0.3, 0.4) is 0 Å². The number of nitrogens with zero attached hydrogens (tertiary/aromatic N) is 2. The predicted molar refractivity (Wildman–Crippen MR) is 129 cm³/mol. The number of aliphatic hydroxyl groups excluding tert-OH is 1. The standard InChI is InChI=1S/C25H28F2N4O3S/c26-25(27)9-3-5-15(13-25)17(23(28)33)12-22(32)20(11-16-6-4-10-35-16)31-24(34)21-14-29-18-7-1-2-8-19(18)30-21/h1-2,4,6-8,10,14-15,17,20,22,32H,3,5,9,11-13H2,(H2,28,33)(H,31,34). The van der Waals surface area contributed by atoms with Gasteiger partial charge in [0.2, 0.25) is 11.8 Å². The second-order valence-electron chi connectivity index (χ2n) is 9.13. The molecule has 0 aliphatic heterocycles. The molecule has 0 spiro atoms. The van der Waals surface area contributed by atoms with Gasteiger partial charge in [-0.25, -0.2) is 13.8 Å². The van der Waals surface area contributed by atoms with E-state index in [4.69, 9.17) is 5.73 Å². The van der Waals surface area contributed by atoms with Crippen molar-refractivity contribution in [3.8, 4) is 0 Å². The number of aliphatic hydroxyl groups is 1. The van der Waals surface area contributed by atoms with Gasteiger partial charge in [0.15, 0.2) is 0 Å². The summed E-state index contributed by atoms with van der Waals surface area (Å²) in [6, 6.07) is 10.1. The fourth-order valence-electron chi connectivity index (χ4n) is 4.76. The minimum Gasteiger partial charge on any atom is -0.391 e. The molecule has 186 valence electrons. The number of aromatic nitrogens is 2. The number of benzene rings is 1. The van der Waals surface area contributed by atoms with Crippen molar-refractivity contribution in [1.82, 2.24) is 15.3 Å². The van der Waals surface area contributed by atoms with E-state index in [0.29, 0.717) is 30.3 Å². The molecule has 1 aliphatic rings. The number of hydrogen-bond acceptors (Lipinski definition) is 6.